The largest absolute Gasteiger partial charge is 0.337 e. The Morgan fingerprint density at radius 3 is 2.76 bits per heavy atom. The molecule has 25 heavy (non-hydrogen) atoms. The average Bonchev–Trinajstić information content (AvgIpc) is 3.07. The van der Waals surface area contributed by atoms with Gasteiger partial charge in [0.1, 0.15) is 5.65 Å². The lowest BCUT2D eigenvalue weighted by atomic mass is 9.79. The van der Waals surface area contributed by atoms with Gasteiger partial charge in [-0.25, -0.2) is 4.98 Å². The lowest BCUT2D eigenvalue weighted by molar-refractivity contribution is -0.137. The van der Waals surface area contributed by atoms with E-state index in [0.29, 0.717) is 12.5 Å². The van der Waals surface area contributed by atoms with Crippen molar-refractivity contribution in [3.63, 3.8) is 0 Å². The van der Waals surface area contributed by atoms with Crippen molar-refractivity contribution in [2.24, 2.45) is 11.8 Å². The summed E-state index contributed by atoms with van der Waals surface area (Å²) >= 11 is 0. The molecule has 0 N–H and O–H groups in total. The number of amides is 1. The fourth-order valence-corrected chi connectivity index (χ4v) is 4.09. The quantitative estimate of drug-likeness (QED) is 0.733. The molecule has 1 aliphatic rings. The molecule has 1 saturated carbocycles. The molecule has 0 atom stereocenters. The minimum atomic E-state index is 0.219. The Morgan fingerprint density at radius 1 is 1.24 bits per heavy atom. The molecule has 136 valence electrons. The van der Waals surface area contributed by atoms with Gasteiger partial charge in [-0.2, -0.15) is 0 Å². The maximum absolute atomic E-state index is 13.0. The maximum atomic E-state index is 13.0. The summed E-state index contributed by atoms with van der Waals surface area (Å²) in [5, 5.41) is 0. The van der Waals surface area contributed by atoms with Crippen molar-refractivity contribution in [2.75, 3.05) is 6.54 Å². The monoisotopic (exact) mass is 341 g/mol. The van der Waals surface area contributed by atoms with Crippen molar-refractivity contribution >= 4 is 11.6 Å². The van der Waals surface area contributed by atoms with Crippen molar-refractivity contribution < 1.29 is 4.79 Å². The molecule has 4 nitrogen and oxygen atoms in total. The molecule has 0 bridgehead atoms. The fourth-order valence-electron chi connectivity index (χ4n) is 4.09. The zero-order chi connectivity index (χ0) is 17.6. The summed E-state index contributed by atoms with van der Waals surface area (Å²) in [5.41, 5.74) is 2.03. The number of nitrogens with zero attached hydrogens (tertiary/aromatic N) is 3. The van der Waals surface area contributed by atoms with Crippen molar-refractivity contribution in [3.8, 4) is 0 Å². The van der Waals surface area contributed by atoms with Crippen molar-refractivity contribution in [1.29, 1.82) is 0 Å². The van der Waals surface area contributed by atoms with Crippen LogP contribution in [-0.2, 0) is 11.3 Å². The topological polar surface area (TPSA) is 37.6 Å². The highest BCUT2D eigenvalue weighted by atomic mass is 16.2. The fraction of sp³-hybridized carbons (Fsp3) is 0.619. The van der Waals surface area contributed by atoms with E-state index in [9.17, 15) is 4.79 Å². The standard InChI is InChI=1S/C21H31N3O/c1-3-5-8-17-10-12-18(13-11-17)21(25)23(4-2)16-19-15-22-20-9-6-7-14-24(19)20/h6-7,9,14-15,17-18H,3-5,8,10-13,16H2,1-2H3. The smallest absolute Gasteiger partial charge is 0.226 e. The summed E-state index contributed by atoms with van der Waals surface area (Å²) in [4.78, 5) is 19.5. The van der Waals surface area contributed by atoms with Gasteiger partial charge < -0.3 is 9.30 Å². The molecule has 2 aromatic rings. The van der Waals surface area contributed by atoms with E-state index in [1.54, 1.807) is 0 Å². The molecule has 1 fully saturated rings. The first-order valence-corrected chi connectivity index (χ1v) is 9.92. The Bertz CT molecular complexity index is 685. The highest BCUT2D eigenvalue weighted by Gasteiger charge is 2.29. The molecule has 0 aliphatic heterocycles. The Kier molecular flexibility index (Phi) is 6.11. The summed E-state index contributed by atoms with van der Waals surface area (Å²) in [7, 11) is 0. The number of fused-ring (bicyclic) bond motifs is 1. The van der Waals surface area contributed by atoms with Crippen LogP contribution in [-0.4, -0.2) is 26.7 Å². The Labute approximate surface area is 151 Å². The van der Waals surface area contributed by atoms with E-state index >= 15 is 0 Å². The number of hydrogen-bond donors (Lipinski definition) is 0. The second-order valence-electron chi connectivity index (χ2n) is 7.39. The summed E-state index contributed by atoms with van der Waals surface area (Å²) in [6.07, 6.45) is 12.5. The molecule has 4 heteroatoms. The molecule has 0 spiro atoms. The van der Waals surface area contributed by atoms with Crippen LogP contribution in [0.15, 0.2) is 30.6 Å². The van der Waals surface area contributed by atoms with Gasteiger partial charge in [-0.3, -0.25) is 4.79 Å². The average molecular weight is 341 g/mol. The van der Waals surface area contributed by atoms with E-state index in [-0.39, 0.29) is 5.92 Å². The van der Waals surface area contributed by atoms with Crippen LogP contribution in [0, 0.1) is 11.8 Å². The second-order valence-corrected chi connectivity index (χ2v) is 7.39. The molecule has 0 unspecified atom stereocenters. The maximum Gasteiger partial charge on any atom is 0.226 e. The van der Waals surface area contributed by atoms with Crippen LogP contribution in [0.4, 0.5) is 0 Å². The van der Waals surface area contributed by atoms with Crippen LogP contribution in [0.1, 0.15) is 64.5 Å². The number of carbonyl (C=O) groups excluding carboxylic acids is 1. The number of hydrogen-bond acceptors (Lipinski definition) is 2. The van der Waals surface area contributed by atoms with Gasteiger partial charge in [0.25, 0.3) is 0 Å². The number of aromatic nitrogens is 2. The zero-order valence-electron chi connectivity index (χ0n) is 15.7. The number of pyridine rings is 1. The van der Waals surface area contributed by atoms with E-state index in [1.807, 2.05) is 35.5 Å². The summed E-state index contributed by atoms with van der Waals surface area (Å²) in [6, 6.07) is 6.00. The van der Waals surface area contributed by atoms with E-state index in [4.69, 9.17) is 0 Å². The lowest BCUT2D eigenvalue weighted by Gasteiger charge is -2.31. The molecular weight excluding hydrogens is 310 g/mol. The number of carbonyl (C=O) groups is 1. The second kappa shape index (κ2) is 8.50. The highest BCUT2D eigenvalue weighted by Crippen LogP contribution is 2.33. The molecule has 2 aromatic heterocycles. The predicted molar refractivity (Wildman–Crippen MR) is 101 cm³/mol. The van der Waals surface area contributed by atoms with E-state index in [1.165, 1.54) is 32.1 Å². The van der Waals surface area contributed by atoms with Gasteiger partial charge in [0, 0.05) is 18.7 Å². The van der Waals surface area contributed by atoms with Crippen molar-refractivity contribution in [2.45, 2.75) is 65.3 Å². The highest BCUT2D eigenvalue weighted by molar-refractivity contribution is 5.78. The van der Waals surface area contributed by atoms with Crippen LogP contribution in [0.3, 0.4) is 0 Å². The lowest BCUT2D eigenvalue weighted by Crippen LogP contribution is -2.37. The third-order valence-electron chi connectivity index (χ3n) is 5.70. The molecule has 3 rings (SSSR count). The number of unbranched alkanes of at least 4 members (excludes halogenated alkanes) is 1. The molecule has 1 aliphatic carbocycles. The third-order valence-corrected chi connectivity index (χ3v) is 5.70. The van der Waals surface area contributed by atoms with Gasteiger partial charge in [-0.05, 0) is 50.7 Å². The Hall–Kier alpha value is -1.84. The van der Waals surface area contributed by atoms with E-state index in [2.05, 4.69) is 23.2 Å². The summed E-state index contributed by atoms with van der Waals surface area (Å²) < 4.78 is 2.08. The summed E-state index contributed by atoms with van der Waals surface area (Å²) in [6.45, 7) is 5.74. The number of rotatable bonds is 7. The van der Waals surface area contributed by atoms with Crippen LogP contribution in [0.5, 0.6) is 0 Å². The van der Waals surface area contributed by atoms with Gasteiger partial charge in [-0.15, -0.1) is 0 Å². The van der Waals surface area contributed by atoms with Crippen LogP contribution < -0.4 is 0 Å². The van der Waals surface area contributed by atoms with Gasteiger partial charge in [-0.1, -0.05) is 32.3 Å². The molecule has 0 saturated heterocycles. The third kappa shape index (κ3) is 4.23. The first-order valence-electron chi connectivity index (χ1n) is 9.92. The van der Waals surface area contributed by atoms with E-state index in [0.717, 1.165) is 36.6 Å². The summed E-state index contributed by atoms with van der Waals surface area (Å²) in [5.74, 6) is 1.40. The van der Waals surface area contributed by atoms with E-state index < -0.39 is 0 Å². The first kappa shape index (κ1) is 18.0. The Morgan fingerprint density at radius 2 is 2.04 bits per heavy atom. The van der Waals surface area contributed by atoms with Gasteiger partial charge in [0.15, 0.2) is 0 Å². The van der Waals surface area contributed by atoms with Crippen LogP contribution in [0.25, 0.3) is 5.65 Å². The molecular formula is C21H31N3O. The molecule has 1 amide bonds. The van der Waals surface area contributed by atoms with Gasteiger partial charge >= 0.3 is 0 Å². The molecule has 0 aromatic carbocycles. The van der Waals surface area contributed by atoms with Gasteiger partial charge in [0.05, 0.1) is 18.4 Å². The van der Waals surface area contributed by atoms with Crippen LogP contribution >= 0.6 is 0 Å². The Balaban J connectivity index is 1.60. The minimum absolute atomic E-state index is 0.219. The minimum Gasteiger partial charge on any atom is -0.337 e. The molecule has 2 heterocycles. The molecule has 0 radical (unpaired) electrons. The van der Waals surface area contributed by atoms with Gasteiger partial charge in [0.2, 0.25) is 5.91 Å². The van der Waals surface area contributed by atoms with Crippen LogP contribution in [0.2, 0.25) is 0 Å². The van der Waals surface area contributed by atoms with Crippen molar-refractivity contribution in [1.82, 2.24) is 14.3 Å². The zero-order valence-corrected chi connectivity index (χ0v) is 15.7. The first-order chi connectivity index (χ1) is 12.2. The normalized spacial score (nSPS) is 20.7. The van der Waals surface area contributed by atoms with Crippen molar-refractivity contribution in [3.05, 3.63) is 36.3 Å². The number of imidazole rings is 1. The SMILES string of the molecule is CCCCC1CCC(C(=O)N(CC)Cc2cnc3ccccn23)CC1. The predicted octanol–water partition coefficient (Wildman–Crippen LogP) is 4.68.